The van der Waals surface area contributed by atoms with Gasteiger partial charge in [-0.3, -0.25) is 4.79 Å². The molecule has 2 aliphatic heterocycles. The monoisotopic (exact) mass is 402 g/mol. The molecule has 2 aromatic rings. The zero-order valence-electron chi connectivity index (χ0n) is 15.8. The lowest BCUT2D eigenvalue weighted by atomic mass is 9.95. The molecule has 2 saturated heterocycles. The first-order valence-corrected chi connectivity index (χ1v) is 9.65. The summed E-state index contributed by atoms with van der Waals surface area (Å²) >= 11 is 0. The number of amides is 1. The number of nitrogens with zero attached hydrogens (tertiary/aromatic N) is 1. The summed E-state index contributed by atoms with van der Waals surface area (Å²) < 4.78 is 11.4. The van der Waals surface area contributed by atoms with Gasteiger partial charge in [-0.05, 0) is 36.6 Å². The Morgan fingerprint density at radius 2 is 1.96 bits per heavy atom. The molecule has 2 aromatic carbocycles. The topological polar surface area (TPSA) is 64.8 Å². The maximum Gasteiger partial charge on any atom is 0.254 e. The van der Waals surface area contributed by atoms with Crippen molar-refractivity contribution in [1.29, 1.82) is 0 Å². The van der Waals surface area contributed by atoms with Crippen LogP contribution in [0.4, 0.5) is 0 Å². The van der Waals surface area contributed by atoms with Crippen LogP contribution in [-0.4, -0.2) is 49.3 Å². The number of halogens is 1. The van der Waals surface area contributed by atoms with Crippen LogP contribution in [0.3, 0.4) is 0 Å². The molecule has 4 rings (SSSR count). The van der Waals surface area contributed by atoms with E-state index in [0.717, 1.165) is 19.4 Å². The smallest absolute Gasteiger partial charge is 0.254 e. The highest BCUT2D eigenvalue weighted by Crippen LogP contribution is 2.28. The van der Waals surface area contributed by atoms with Crippen LogP contribution in [0, 0.1) is 0 Å². The van der Waals surface area contributed by atoms with Crippen molar-refractivity contribution in [2.75, 3.05) is 26.3 Å². The van der Waals surface area contributed by atoms with Crippen LogP contribution in [0.1, 0.15) is 34.7 Å². The van der Waals surface area contributed by atoms with Crippen molar-refractivity contribution in [1.82, 2.24) is 4.90 Å². The number of ether oxygens (including phenoxy) is 2. The highest BCUT2D eigenvalue weighted by molar-refractivity contribution is 5.95. The van der Waals surface area contributed by atoms with E-state index >= 15 is 0 Å². The van der Waals surface area contributed by atoms with E-state index in [1.807, 2.05) is 47.4 Å². The number of benzene rings is 2. The molecular weight excluding hydrogens is 376 g/mol. The first-order valence-electron chi connectivity index (χ1n) is 9.65. The molecule has 28 heavy (non-hydrogen) atoms. The van der Waals surface area contributed by atoms with Crippen LogP contribution >= 0.6 is 12.4 Å². The third-order valence-electron chi connectivity index (χ3n) is 5.42. The van der Waals surface area contributed by atoms with Gasteiger partial charge in [-0.2, -0.15) is 0 Å². The van der Waals surface area contributed by atoms with Gasteiger partial charge in [0.25, 0.3) is 5.91 Å². The summed E-state index contributed by atoms with van der Waals surface area (Å²) in [6.45, 7) is 2.55. The molecule has 150 valence electrons. The molecule has 2 N–H and O–H groups in total. The Morgan fingerprint density at radius 1 is 1.14 bits per heavy atom. The number of carbonyl (C=O) groups is 1. The Hall–Kier alpha value is -2.08. The van der Waals surface area contributed by atoms with Gasteiger partial charge in [0.05, 0.1) is 6.10 Å². The summed E-state index contributed by atoms with van der Waals surface area (Å²) in [6.07, 6.45) is 2.28. The highest BCUT2D eigenvalue weighted by Gasteiger charge is 2.34. The number of likely N-dealkylation sites (tertiary alicyclic amines) is 1. The Bertz CT molecular complexity index is 780. The predicted molar refractivity (Wildman–Crippen MR) is 111 cm³/mol. The molecular formula is C22H27ClN2O3. The van der Waals surface area contributed by atoms with E-state index in [1.54, 1.807) is 0 Å². The SMILES string of the molecule is Cl.N[C@@H]1CN(C(=O)c2cccc(OCC3CCCO3)c2)C[C@H]1c1ccccc1. The lowest BCUT2D eigenvalue weighted by molar-refractivity contribution is 0.0678. The second-order valence-electron chi connectivity index (χ2n) is 7.37. The fourth-order valence-corrected chi connectivity index (χ4v) is 3.91. The number of hydrogen-bond acceptors (Lipinski definition) is 4. The largest absolute Gasteiger partial charge is 0.491 e. The van der Waals surface area contributed by atoms with Crippen molar-refractivity contribution in [2.24, 2.45) is 5.73 Å². The van der Waals surface area contributed by atoms with Gasteiger partial charge in [0, 0.05) is 37.2 Å². The molecule has 5 nitrogen and oxygen atoms in total. The third-order valence-corrected chi connectivity index (χ3v) is 5.42. The number of carbonyl (C=O) groups excluding carboxylic acids is 1. The predicted octanol–water partition coefficient (Wildman–Crippen LogP) is 3.23. The van der Waals surface area contributed by atoms with Crippen molar-refractivity contribution < 1.29 is 14.3 Å². The van der Waals surface area contributed by atoms with Crippen molar-refractivity contribution in [2.45, 2.75) is 30.9 Å². The molecule has 1 unspecified atom stereocenters. The van der Waals surface area contributed by atoms with Gasteiger partial charge < -0.3 is 20.1 Å². The van der Waals surface area contributed by atoms with Crippen molar-refractivity contribution in [3.05, 3.63) is 65.7 Å². The van der Waals surface area contributed by atoms with Gasteiger partial charge in [0.15, 0.2) is 0 Å². The van der Waals surface area contributed by atoms with Crippen LogP contribution in [0.15, 0.2) is 54.6 Å². The standard InChI is InChI=1S/C22H26N2O3.ClH/c23-21-14-24(13-20(21)16-6-2-1-3-7-16)22(25)17-8-4-9-18(12-17)27-15-19-10-5-11-26-19;/h1-4,6-9,12,19-21H,5,10-11,13-15,23H2;1H/t19?,20-,21+;/m0./s1. The lowest BCUT2D eigenvalue weighted by Crippen LogP contribution is -2.32. The quantitative estimate of drug-likeness (QED) is 0.833. The lowest BCUT2D eigenvalue weighted by Gasteiger charge is -2.17. The van der Waals surface area contributed by atoms with E-state index in [-0.39, 0.29) is 36.4 Å². The summed E-state index contributed by atoms with van der Waals surface area (Å²) in [5, 5.41) is 0. The van der Waals surface area contributed by atoms with Gasteiger partial charge in [0.2, 0.25) is 0 Å². The molecule has 0 saturated carbocycles. The van der Waals surface area contributed by atoms with E-state index < -0.39 is 0 Å². The Morgan fingerprint density at radius 3 is 2.71 bits per heavy atom. The Balaban J connectivity index is 0.00000225. The summed E-state index contributed by atoms with van der Waals surface area (Å²) in [7, 11) is 0. The van der Waals surface area contributed by atoms with Gasteiger partial charge in [0.1, 0.15) is 12.4 Å². The molecule has 2 aliphatic rings. The summed E-state index contributed by atoms with van der Waals surface area (Å²) in [4.78, 5) is 14.8. The molecule has 0 radical (unpaired) electrons. The third kappa shape index (κ3) is 4.66. The van der Waals surface area contributed by atoms with E-state index in [4.69, 9.17) is 15.2 Å². The molecule has 0 bridgehead atoms. The minimum absolute atomic E-state index is 0. The van der Waals surface area contributed by atoms with Gasteiger partial charge in [-0.25, -0.2) is 0 Å². The fourth-order valence-electron chi connectivity index (χ4n) is 3.91. The average molecular weight is 403 g/mol. The zero-order valence-corrected chi connectivity index (χ0v) is 16.6. The fraction of sp³-hybridized carbons (Fsp3) is 0.409. The second kappa shape index (κ2) is 9.41. The minimum atomic E-state index is -0.0460. The molecule has 6 heteroatoms. The summed E-state index contributed by atoms with van der Waals surface area (Å²) in [6, 6.07) is 17.5. The van der Waals surface area contributed by atoms with Gasteiger partial charge in [-0.15, -0.1) is 12.4 Å². The molecule has 1 amide bonds. The first-order chi connectivity index (χ1) is 13.2. The molecule has 0 spiro atoms. The van der Waals surface area contributed by atoms with Crippen molar-refractivity contribution in [3.63, 3.8) is 0 Å². The second-order valence-corrected chi connectivity index (χ2v) is 7.37. The molecule has 2 fully saturated rings. The van der Waals surface area contributed by atoms with Gasteiger partial charge >= 0.3 is 0 Å². The summed E-state index contributed by atoms with van der Waals surface area (Å²) in [5.74, 6) is 0.889. The van der Waals surface area contributed by atoms with Crippen LogP contribution in [0.25, 0.3) is 0 Å². The normalized spacial score (nSPS) is 24.0. The van der Waals surface area contributed by atoms with Crippen LogP contribution in [-0.2, 0) is 4.74 Å². The number of hydrogen-bond donors (Lipinski definition) is 1. The molecule has 0 aromatic heterocycles. The van der Waals surface area contributed by atoms with Crippen molar-refractivity contribution in [3.8, 4) is 5.75 Å². The zero-order chi connectivity index (χ0) is 18.6. The Labute approximate surface area is 172 Å². The maximum absolute atomic E-state index is 13.0. The van der Waals surface area contributed by atoms with Crippen molar-refractivity contribution >= 4 is 18.3 Å². The Kier molecular flexibility index (Phi) is 6.94. The van der Waals surface area contributed by atoms with E-state index in [2.05, 4.69) is 12.1 Å². The first kappa shape index (κ1) is 20.6. The highest BCUT2D eigenvalue weighted by atomic mass is 35.5. The van der Waals surface area contributed by atoms with Crippen LogP contribution in [0.2, 0.25) is 0 Å². The van der Waals surface area contributed by atoms with E-state index in [0.29, 0.717) is 31.0 Å². The number of rotatable bonds is 5. The van der Waals surface area contributed by atoms with Gasteiger partial charge in [-0.1, -0.05) is 36.4 Å². The molecule has 2 heterocycles. The van der Waals surface area contributed by atoms with E-state index in [1.165, 1.54) is 5.56 Å². The number of nitrogens with two attached hydrogens (primary N) is 1. The molecule has 3 atom stereocenters. The van der Waals surface area contributed by atoms with E-state index in [9.17, 15) is 4.79 Å². The molecule has 0 aliphatic carbocycles. The maximum atomic E-state index is 13.0. The van der Waals surface area contributed by atoms with Crippen LogP contribution < -0.4 is 10.5 Å². The average Bonchev–Trinajstić information content (AvgIpc) is 3.36. The minimum Gasteiger partial charge on any atom is -0.491 e. The summed E-state index contributed by atoms with van der Waals surface area (Å²) in [5.41, 5.74) is 8.16. The van der Waals surface area contributed by atoms with Crippen LogP contribution in [0.5, 0.6) is 5.75 Å².